The largest absolute Gasteiger partial charge is 0.383 e. The number of nitrogens with two attached hydrogens (primary N) is 2. The molecule has 20 heavy (non-hydrogen) atoms. The van der Waals surface area contributed by atoms with Gasteiger partial charge in [-0.25, -0.2) is 4.98 Å². The fourth-order valence-corrected chi connectivity index (χ4v) is 2.17. The van der Waals surface area contributed by atoms with E-state index in [2.05, 4.69) is 16.9 Å². The molecule has 1 aromatic carbocycles. The van der Waals surface area contributed by atoms with E-state index in [1.807, 2.05) is 43.3 Å². The quantitative estimate of drug-likeness (QED) is 0.907. The van der Waals surface area contributed by atoms with Gasteiger partial charge in [0.25, 0.3) is 0 Å². The van der Waals surface area contributed by atoms with E-state index in [4.69, 9.17) is 23.1 Å². The lowest BCUT2D eigenvalue weighted by Crippen LogP contribution is -2.04. The zero-order valence-corrected chi connectivity index (χ0v) is 12.2. The molecule has 5 heteroatoms. The number of hydrogen-bond acceptors (Lipinski definition) is 4. The number of hydrogen-bond donors (Lipinski definition) is 2. The molecule has 0 fully saturated rings. The maximum absolute atomic E-state index is 6.00. The van der Waals surface area contributed by atoms with Crippen molar-refractivity contribution in [2.75, 3.05) is 11.5 Å². The fraction of sp³-hybridized carbons (Fsp3) is 0.200. The average molecular weight is 289 g/mol. The lowest BCUT2D eigenvalue weighted by Gasteiger charge is -2.08. The highest BCUT2D eigenvalue weighted by molar-refractivity contribution is 6.30. The third-order valence-corrected chi connectivity index (χ3v) is 3.34. The molecule has 0 saturated heterocycles. The molecule has 2 aromatic rings. The van der Waals surface area contributed by atoms with Crippen LogP contribution in [-0.4, -0.2) is 9.97 Å². The first-order valence-electron chi connectivity index (χ1n) is 6.30. The topological polar surface area (TPSA) is 77.8 Å². The van der Waals surface area contributed by atoms with Gasteiger partial charge < -0.3 is 11.5 Å². The molecule has 1 unspecified atom stereocenters. The van der Waals surface area contributed by atoms with Crippen LogP contribution in [0.4, 0.5) is 11.8 Å². The van der Waals surface area contributed by atoms with Crippen molar-refractivity contribution in [1.29, 1.82) is 0 Å². The predicted molar refractivity (Wildman–Crippen MR) is 84.5 cm³/mol. The van der Waals surface area contributed by atoms with Crippen LogP contribution in [0.25, 0.3) is 6.08 Å². The van der Waals surface area contributed by atoms with E-state index in [1.165, 1.54) is 0 Å². The summed E-state index contributed by atoms with van der Waals surface area (Å²) in [6.07, 6.45) is 3.97. The minimum Gasteiger partial charge on any atom is -0.383 e. The van der Waals surface area contributed by atoms with E-state index in [-0.39, 0.29) is 11.9 Å². The summed E-state index contributed by atoms with van der Waals surface area (Å²) >= 11 is 6.00. The van der Waals surface area contributed by atoms with Gasteiger partial charge in [0.1, 0.15) is 5.82 Å². The molecular weight excluding hydrogens is 272 g/mol. The molecule has 0 bridgehead atoms. The molecule has 0 aliphatic rings. The molecule has 0 aliphatic carbocycles. The number of benzene rings is 1. The van der Waals surface area contributed by atoms with E-state index in [0.717, 1.165) is 21.8 Å². The second kappa shape index (κ2) is 5.92. The summed E-state index contributed by atoms with van der Waals surface area (Å²) in [5.74, 6) is 0.801. The van der Waals surface area contributed by atoms with E-state index < -0.39 is 0 Å². The highest BCUT2D eigenvalue weighted by Gasteiger charge is 2.06. The van der Waals surface area contributed by atoms with Crippen molar-refractivity contribution in [2.24, 2.45) is 0 Å². The smallest absolute Gasteiger partial charge is 0.222 e. The molecule has 104 valence electrons. The van der Waals surface area contributed by atoms with Crippen molar-refractivity contribution in [1.82, 2.24) is 9.97 Å². The zero-order chi connectivity index (χ0) is 14.7. The molecule has 2 rings (SSSR count). The zero-order valence-electron chi connectivity index (χ0n) is 11.5. The summed E-state index contributed by atoms with van der Waals surface area (Å²) in [7, 11) is 0. The van der Waals surface area contributed by atoms with Gasteiger partial charge >= 0.3 is 0 Å². The van der Waals surface area contributed by atoms with Crippen LogP contribution in [-0.2, 0) is 0 Å². The first kappa shape index (κ1) is 14.3. The number of nitrogen functional groups attached to an aromatic ring is 2. The van der Waals surface area contributed by atoms with Gasteiger partial charge in [-0.2, -0.15) is 4.98 Å². The monoisotopic (exact) mass is 288 g/mol. The van der Waals surface area contributed by atoms with Crippen molar-refractivity contribution in [3.63, 3.8) is 0 Å². The molecule has 1 heterocycles. The SMILES string of the molecule is Cc1nc(N)nc(N)c1/C=C/C(C)c1cccc(Cl)c1. The third kappa shape index (κ3) is 3.27. The van der Waals surface area contributed by atoms with Gasteiger partial charge in [0.15, 0.2) is 0 Å². The molecule has 1 atom stereocenters. The normalized spacial score (nSPS) is 12.8. The number of nitrogens with zero attached hydrogens (tertiary/aromatic N) is 2. The van der Waals surface area contributed by atoms with Crippen molar-refractivity contribution in [3.05, 3.63) is 52.2 Å². The Morgan fingerprint density at radius 3 is 2.65 bits per heavy atom. The first-order valence-corrected chi connectivity index (χ1v) is 6.68. The number of aromatic nitrogens is 2. The van der Waals surface area contributed by atoms with Crippen LogP contribution >= 0.6 is 11.6 Å². The summed E-state index contributed by atoms with van der Waals surface area (Å²) in [6, 6.07) is 7.79. The summed E-state index contributed by atoms with van der Waals surface area (Å²) in [6.45, 7) is 3.95. The van der Waals surface area contributed by atoms with Crippen molar-refractivity contribution in [2.45, 2.75) is 19.8 Å². The number of aryl methyl sites for hydroxylation is 1. The summed E-state index contributed by atoms with van der Waals surface area (Å²) < 4.78 is 0. The molecule has 0 aliphatic heterocycles. The van der Waals surface area contributed by atoms with Gasteiger partial charge in [0.2, 0.25) is 5.95 Å². The molecule has 0 saturated carbocycles. The number of anilines is 2. The Morgan fingerprint density at radius 2 is 2.00 bits per heavy atom. The van der Waals surface area contributed by atoms with Crippen LogP contribution < -0.4 is 11.5 Å². The molecule has 0 radical (unpaired) electrons. The lowest BCUT2D eigenvalue weighted by molar-refractivity contribution is 0.972. The van der Waals surface area contributed by atoms with Crippen LogP contribution in [0.1, 0.15) is 29.7 Å². The Labute approximate surface area is 123 Å². The minimum atomic E-state index is 0.194. The van der Waals surface area contributed by atoms with E-state index in [9.17, 15) is 0 Å². The number of halogens is 1. The molecular formula is C15H17ClN4. The van der Waals surface area contributed by atoms with Gasteiger partial charge in [-0.3, -0.25) is 0 Å². The van der Waals surface area contributed by atoms with Gasteiger partial charge in [0.05, 0.1) is 5.69 Å². The number of rotatable bonds is 3. The van der Waals surface area contributed by atoms with Gasteiger partial charge in [-0.15, -0.1) is 0 Å². The highest BCUT2D eigenvalue weighted by Crippen LogP contribution is 2.23. The molecule has 4 nitrogen and oxygen atoms in total. The Morgan fingerprint density at radius 1 is 1.25 bits per heavy atom. The van der Waals surface area contributed by atoms with Gasteiger partial charge in [-0.1, -0.05) is 42.8 Å². The Hall–Kier alpha value is -2.07. The maximum Gasteiger partial charge on any atom is 0.222 e. The predicted octanol–water partition coefficient (Wildman–Crippen LogP) is 3.42. The lowest BCUT2D eigenvalue weighted by atomic mass is 10.00. The molecule has 0 amide bonds. The maximum atomic E-state index is 6.00. The van der Waals surface area contributed by atoms with E-state index >= 15 is 0 Å². The first-order chi connectivity index (χ1) is 9.47. The summed E-state index contributed by atoms with van der Waals surface area (Å²) in [5.41, 5.74) is 14.1. The summed E-state index contributed by atoms with van der Waals surface area (Å²) in [4.78, 5) is 8.08. The summed E-state index contributed by atoms with van der Waals surface area (Å²) in [5, 5.41) is 0.731. The second-order valence-corrected chi connectivity index (χ2v) is 5.11. The fourth-order valence-electron chi connectivity index (χ4n) is 1.97. The van der Waals surface area contributed by atoms with Crippen molar-refractivity contribution >= 4 is 29.4 Å². The Bertz CT molecular complexity index is 629. The second-order valence-electron chi connectivity index (χ2n) is 4.67. The highest BCUT2D eigenvalue weighted by atomic mass is 35.5. The standard InChI is InChI=1S/C15H17ClN4/c1-9(11-4-3-5-12(16)8-11)6-7-13-10(2)19-15(18)20-14(13)17/h3-9H,1-2H3,(H4,17,18,19,20)/b7-6+. The molecule has 1 aromatic heterocycles. The Balaban J connectivity index is 2.26. The van der Waals surface area contributed by atoms with Crippen LogP contribution in [0.5, 0.6) is 0 Å². The minimum absolute atomic E-state index is 0.194. The van der Waals surface area contributed by atoms with E-state index in [0.29, 0.717) is 5.82 Å². The average Bonchev–Trinajstić information content (AvgIpc) is 2.37. The van der Waals surface area contributed by atoms with Crippen LogP contribution in [0, 0.1) is 6.92 Å². The van der Waals surface area contributed by atoms with Crippen molar-refractivity contribution < 1.29 is 0 Å². The van der Waals surface area contributed by atoms with Crippen molar-refractivity contribution in [3.8, 4) is 0 Å². The van der Waals surface area contributed by atoms with Crippen LogP contribution in [0.3, 0.4) is 0 Å². The number of allylic oxidation sites excluding steroid dienone is 1. The van der Waals surface area contributed by atoms with Crippen LogP contribution in [0.15, 0.2) is 30.3 Å². The molecule has 4 N–H and O–H groups in total. The van der Waals surface area contributed by atoms with Crippen LogP contribution in [0.2, 0.25) is 5.02 Å². The Kier molecular flexibility index (Phi) is 4.25. The molecule has 0 spiro atoms. The third-order valence-electron chi connectivity index (χ3n) is 3.11. The van der Waals surface area contributed by atoms with Gasteiger partial charge in [0, 0.05) is 10.6 Å². The van der Waals surface area contributed by atoms with E-state index in [1.54, 1.807) is 0 Å². The van der Waals surface area contributed by atoms with Gasteiger partial charge in [-0.05, 0) is 30.5 Å².